The van der Waals surface area contributed by atoms with Crippen LogP contribution in [0.5, 0.6) is 5.75 Å². The van der Waals surface area contributed by atoms with Gasteiger partial charge in [0.15, 0.2) is 5.75 Å². The highest BCUT2D eigenvalue weighted by Crippen LogP contribution is 2.29. The predicted octanol–water partition coefficient (Wildman–Crippen LogP) is 4.10. The smallest absolute Gasteiger partial charge is 0.364 e. The summed E-state index contributed by atoms with van der Waals surface area (Å²) < 4.78 is 5.72. The van der Waals surface area contributed by atoms with E-state index >= 15 is 0 Å². The Balaban J connectivity index is 2.26. The number of benzene rings is 1. The number of halogens is 1. The molecule has 0 aliphatic rings. The van der Waals surface area contributed by atoms with Crippen molar-refractivity contribution >= 4 is 22.6 Å². The van der Waals surface area contributed by atoms with Gasteiger partial charge in [0.25, 0.3) is 0 Å². The van der Waals surface area contributed by atoms with E-state index in [4.69, 9.17) is 16.0 Å². The van der Waals surface area contributed by atoms with E-state index in [2.05, 4.69) is 0 Å². The molecule has 0 aliphatic carbocycles. The van der Waals surface area contributed by atoms with Crippen molar-refractivity contribution in [2.75, 3.05) is 0 Å². The summed E-state index contributed by atoms with van der Waals surface area (Å²) in [4.78, 5) is 11.6. The largest absolute Gasteiger partial charge is 0.503 e. The molecule has 2 aromatic carbocycles. The summed E-state index contributed by atoms with van der Waals surface area (Å²) in [5, 5.41) is 11.4. The maximum atomic E-state index is 11.6. The number of hydrogen-bond acceptors (Lipinski definition) is 2. The summed E-state index contributed by atoms with van der Waals surface area (Å²) in [6.45, 7) is 0. The zero-order valence-corrected chi connectivity index (χ0v) is 11.1. The average Bonchev–Trinajstić information content (AvgIpc) is 2.61. The summed E-state index contributed by atoms with van der Waals surface area (Å²) in [7, 11) is 0. The van der Waals surface area contributed by atoms with Crippen LogP contribution in [0.25, 0.3) is 22.3 Å². The van der Waals surface area contributed by atoms with Gasteiger partial charge in [-0.1, -0.05) is 23.7 Å². The van der Waals surface area contributed by atoms with Crippen LogP contribution in [-0.4, -0.2) is 5.11 Å². The van der Waals surface area contributed by atoms with Crippen LogP contribution in [0.4, 0.5) is 0 Å². The van der Waals surface area contributed by atoms with Crippen LogP contribution >= 0.6 is 11.6 Å². The Hall–Kier alpha value is -2.39. The Morgan fingerprint density at radius 1 is 1.00 bits per heavy atom. The summed E-state index contributed by atoms with van der Waals surface area (Å²) in [5.74, 6) is 0.0951. The number of hydrogen-bond donors (Lipinski definition) is 1. The third-order valence-corrected chi connectivity index (χ3v) is 3.22. The molecule has 0 aliphatic heterocycles. The van der Waals surface area contributed by atoms with Crippen molar-refractivity contribution in [2.45, 2.75) is 0 Å². The van der Waals surface area contributed by atoms with Gasteiger partial charge in [0.05, 0.1) is 5.39 Å². The minimum absolute atomic E-state index is 0.327. The Morgan fingerprint density at radius 2 is 1.80 bits per heavy atom. The second-order valence-corrected chi connectivity index (χ2v) is 4.76. The molecule has 0 saturated heterocycles. The van der Waals surface area contributed by atoms with Crippen molar-refractivity contribution in [1.29, 1.82) is 0 Å². The average molecular weight is 286 g/mol. The molecule has 3 nitrogen and oxygen atoms in total. The first-order valence-corrected chi connectivity index (χ1v) is 6.38. The highest BCUT2D eigenvalue weighted by molar-refractivity contribution is 6.31. The molecule has 98 valence electrons. The topological polar surface area (TPSA) is 48.6 Å². The van der Waals surface area contributed by atoms with Crippen molar-refractivity contribution in [3.8, 4) is 17.1 Å². The van der Waals surface area contributed by atoms with E-state index in [9.17, 15) is 9.90 Å². The lowest BCUT2D eigenvalue weighted by atomic mass is 10.1. The monoisotopic (exact) mass is 285 g/mol. The van der Waals surface area contributed by atoms with Gasteiger partial charge in [0, 0.05) is 17.2 Å². The lowest BCUT2D eigenvalue weighted by molar-refractivity contribution is 0.470. The SMILES string of the molecule is O=c1ccccc(-c2ccc3cc(Cl)ccc3[o+]2)c1O. The zero-order chi connectivity index (χ0) is 14.1. The number of aromatic hydroxyl groups is 1. The number of rotatable bonds is 1. The second-order valence-electron chi connectivity index (χ2n) is 4.33. The maximum absolute atomic E-state index is 11.6. The van der Waals surface area contributed by atoms with E-state index in [1.165, 1.54) is 6.07 Å². The van der Waals surface area contributed by atoms with Gasteiger partial charge in [-0.05, 0) is 30.3 Å². The van der Waals surface area contributed by atoms with E-state index in [1.807, 2.05) is 6.07 Å². The lowest BCUT2D eigenvalue weighted by Gasteiger charge is -1.94. The van der Waals surface area contributed by atoms with Crippen molar-refractivity contribution in [3.63, 3.8) is 0 Å². The van der Waals surface area contributed by atoms with Crippen molar-refractivity contribution in [3.05, 3.63) is 69.8 Å². The third kappa shape index (κ3) is 2.24. The summed E-state index contributed by atoms with van der Waals surface area (Å²) >= 11 is 5.92. The van der Waals surface area contributed by atoms with Crippen LogP contribution in [0.2, 0.25) is 5.02 Å². The minimum Gasteiger partial charge on any atom is -0.503 e. The van der Waals surface area contributed by atoms with E-state index in [-0.39, 0.29) is 5.75 Å². The molecule has 1 heterocycles. The van der Waals surface area contributed by atoms with E-state index < -0.39 is 5.43 Å². The molecule has 0 atom stereocenters. The first kappa shape index (κ1) is 12.6. The van der Waals surface area contributed by atoms with Crippen LogP contribution in [0, 0.1) is 0 Å². The summed E-state index contributed by atoms with van der Waals surface area (Å²) in [6, 6.07) is 15.0. The first-order valence-electron chi connectivity index (χ1n) is 6.00. The van der Waals surface area contributed by atoms with Crippen molar-refractivity contribution in [2.24, 2.45) is 0 Å². The molecule has 1 aromatic heterocycles. The quantitative estimate of drug-likeness (QED) is 0.685. The molecule has 4 heteroatoms. The van der Waals surface area contributed by atoms with Gasteiger partial charge in [-0.15, -0.1) is 0 Å². The van der Waals surface area contributed by atoms with Crippen LogP contribution in [0.3, 0.4) is 0 Å². The Morgan fingerprint density at radius 3 is 2.65 bits per heavy atom. The molecule has 0 unspecified atom stereocenters. The highest BCUT2D eigenvalue weighted by Gasteiger charge is 2.18. The highest BCUT2D eigenvalue weighted by atomic mass is 35.5. The molecule has 3 aromatic rings. The standard InChI is InChI=1S/C16H9ClO3/c17-11-6-8-14-10(9-11)5-7-15(20-14)12-3-1-2-4-13(18)16(12)19/h1-9H/p+1. The molecular formula is C16H10ClO3+. The third-order valence-electron chi connectivity index (χ3n) is 2.98. The predicted molar refractivity (Wildman–Crippen MR) is 79.0 cm³/mol. The normalized spacial score (nSPS) is 10.7. The molecule has 3 rings (SSSR count). The van der Waals surface area contributed by atoms with Crippen LogP contribution in [-0.2, 0) is 0 Å². The Labute approximate surface area is 119 Å². The van der Waals surface area contributed by atoms with Crippen molar-refractivity contribution in [1.82, 2.24) is 0 Å². The van der Waals surface area contributed by atoms with Gasteiger partial charge in [-0.3, -0.25) is 4.79 Å². The Bertz CT molecular complexity index is 859. The molecule has 20 heavy (non-hydrogen) atoms. The van der Waals surface area contributed by atoms with Gasteiger partial charge in [-0.2, -0.15) is 0 Å². The summed E-state index contributed by atoms with van der Waals surface area (Å²) in [6.07, 6.45) is 0. The molecule has 0 spiro atoms. The first-order chi connectivity index (χ1) is 9.65. The van der Waals surface area contributed by atoms with Gasteiger partial charge >= 0.3 is 11.3 Å². The molecule has 1 N–H and O–H groups in total. The van der Waals surface area contributed by atoms with Crippen LogP contribution in [0.1, 0.15) is 0 Å². The number of fused-ring (bicyclic) bond motifs is 1. The fourth-order valence-corrected chi connectivity index (χ4v) is 2.17. The van der Waals surface area contributed by atoms with Gasteiger partial charge < -0.3 is 5.11 Å². The van der Waals surface area contributed by atoms with Gasteiger partial charge in [-0.25, -0.2) is 4.42 Å². The second kappa shape index (κ2) is 4.94. The molecular weight excluding hydrogens is 276 g/mol. The molecule has 0 fully saturated rings. The molecule has 0 bridgehead atoms. The fourth-order valence-electron chi connectivity index (χ4n) is 1.99. The van der Waals surface area contributed by atoms with Gasteiger partial charge in [0.1, 0.15) is 5.56 Å². The lowest BCUT2D eigenvalue weighted by Crippen LogP contribution is -1.94. The molecule has 0 radical (unpaired) electrons. The van der Waals surface area contributed by atoms with E-state index in [0.717, 1.165) is 5.39 Å². The Kier molecular flexibility index (Phi) is 3.12. The molecule has 0 saturated carbocycles. The van der Waals surface area contributed by atoms with Crippen molar-refractivity contribution < 1.29 is 9.52 Å². The van der Waals surface area contributed by atoms with E-state index in [1.54, 1.807) is 42.5 Å². The van der Waals surface area contributed by atoms with Crippen LogP contribution in [0.15, 0.2) is 63.8 Å². The van der Waals surface area contributed by atoms with Gasteiger partial charge in [0.2, 0.25) is 5.43 Å². The zero-order valence-electron chi connectivity index (χ0n) is 10.3. The molecule has 0 amide bonds. The van der Waals surface area contributed by atoms with Crippen LogP contribution < -0.4 is 5.43 Å². The fraction of sp³-hybridized carbons (Fsp3) is 0. The summed E-state index contributed by atoms with van der Waals surface area (Å²) in [5.41, 5.74) is 0.540. The minimum atomic E-state index is -0.448. The van der Waals surface area contributed by atoms with E-state index in [0.29, 0.717) is 21.9 Å². The maximum Gasteiger partial charge on any atom is 0.364 e.